The molecular formula is C14H15NO3. The third kappa shape index (κ3) is 2.37. The number of carbonyl (C=O) groups is 1. The molecule has 1 aromatic carbocycles. The van der Waals surface area contributed by atoms with E-state index in [2.05, 4.69) is 5.32 Å². The number of rotatable bonds is 3. The number of hydrogen-bond donors (Lipinski definition) is 1. The molecule has 2 rings (SSSR count). The van der Waals surface area contributed by atoms with Gasteiger partial charge in [0.2, 0.25) is 0 Å². The Kier molecular flexibility index (Phi) is 3.37. The number of benzene rings is 1. The van der Waals surface area contributed by atoms with Crippen molar-refractivity contribution in [2.45, 2.75) is 13.8 Å². The van der Waals surface area contributed by atoms with Crippen LogP contribution in [0.1, 0.15) is 21.9 Å². The molecule has 94 valence electrons. The van der Waals surface area contributed by atoms with E-state index in [1.165, 1.54) is 0 Å². The number of para-hydroxylation sites is 2. The second-order valence-corrected chi connectivity index (χ2v) is 4.00. The number of furan rings is 1. The Hall–Kier alpha value is -2.23. The minimum atomic E-state index is -0.282. The summed E-state index contributed by atoms with van der Waals surface area (Å²) in [5, 5.41) is 2.76. The standard InChI is InChI=1S/C14H15NO3/c1-9-8-13(18-10(9)2)14(16)15-11-6-4-5-7-12(11)17-3/h4-8H,1-3H3,(H,15,16). The van der Waals surface area contributed by atoms with Crippen LogP contribution >= 0.6 is 0 Å². The van der Waals surface area contributed by atoms with Crippen LogP contribution in [0.25, 0.3) is 0 Å². The highest BCUT2D eigenvalue weighted by Gasteiger charge is 2.14. The van der Waals surface area contributed by atoms with Gasteiger partial charge in [-0.2, -0.15) is 0 Å². The largest absolute Gasteiger partial charge is 0.495 e. The van der Waals surface area contributed by atoms with Gasteiger partial charge in [0.1, 0.15) is 11.5 Å². The van der Waals surface area contributed by atoms with Crippen LogP contribution in [-0.2, 0) is 0 Å². The molecule has 0 atom stereocenters. The predicted octanol–water partition coefficient (Wildman–Crippen LogP) is 3.16. The monoisotopic (exact) mass is 245 g/mol. The van der Waals surface area contributed by atoms with E-state index in [-0.39, 0.29) is 5.91 Å². The van der Waals surface area contributed by atoms with Crippen molar-refractivity contribution in [1.82, 2.24) is 0 Å². The average Bonchev–Trinajstić information content (AvgIpc) is 2.70. The van der Waals surface area contributed by atoms with E-state index < -0.39 is 0 Å². The Bertz CT molecular complexity index is 553. The van der Waals surface area contributed by atoms with Gasteiger partial charge < -0.3 is 14.5 Å². The lowest BCUT2D eigenvalue weighted by Gasteiger charge is -2.08. The molecule has 2 aromatic rings. The van der Waals surface area contributed by atoms with Crippen LogP contribution in [0, 0.1) is 13.8 Å². The number of ether oxygens (including phenoxy) is 1. The van der Waals surface area contributed by atoms with Crippen LogP contribution in [0.4, 0.5) is 5.69 Å². The van der Waals surface area contributed by atoms with Crippen molar-refractivity contribution in [3.63, 3.8) is 0 Å². The number of aryl methyl sites for hydroxylation is 2. The maximum Gasteiger partial charge on any atom is 0.291 e. The minimum Gasteiger partial charge on any atom is -0.495 e. The van der Waals surface area contributed by atoms with Crippen molar-refractivity contribution in [3.8, 4) is 5.75 Å². The fraction of sp³-hybridized carbons (Fsp3) is 0.214. The van der Waals surface area contributed by atoms with E-state index >= 15 is 0 Å². The molecule has 4 nitrogen and oxygen atoms in total. The lowest BCUT2D eigenvalue weighted by molar-refractivity contribution is 0.0995. The molecular weight excluding hydrogens is 230 g/mol. The summed E-state index contributed by atoms with van der Waals surface area (Å²) in [7, 11) is 1.56. The molecule has 0 radical (unpaired) electrons. The Morgan fingerprint density at radius 1 is 1.28 bits per heavy atom. The van der Waals surface area contributed by atoms with Gasteiger partial charge in [0, 0.05) is 0 Å². The first kappa shape index (κ1) is 12.2. The molecule has 0 spiro atoms. The highest BCUT2D eigenvalue weighted by atomic mass is 16.5. The van der Waals surface area contributed by atoms with Gasteiger partial charge in [-0.05, 0) is 37.6 Å². The lowest BCUT2D eigenvalue weighted by atomic mass is 10.2. The highest BCUT2D eigenvalue weighted by Crippen LogP contribution is 2.24. The van der Waals surface area contributed by atoms with Crippen LogP contribution in [0.15, 0.2) is 34.7 Å². The normalized spacial score (nSPS) is 10.2. The molecule has 1 aromatic heterocycles. The average molecular weight is 245 g/mol. The van der Waals surface area contributed by atoms with Gasteiger partial charge in [0.05, 0.1) is 12.8 Å². The van der Waals surface area contributed by atoms with Gasteiger partial charge in [-0.15, -0.1) is 0 Å². The van der Waals surface area contributed by atoms with Gasteiger partial charge in [0.15, 0.2) is 5.76 Å². The van der Waals surface area contributed by atoms with E-state index in [1.54, 1.807) is 25.3 Å². The Balaban J connectivity index is 2.21. The van der Waals surface area contributed by atoms with Gasteiger partial charge in [-0.1, -0.05) is 12.1 Å². The van der Waals surface area contributed by atoms with Gasteiger partial charge in [-0.3, -0.25) is 4.79 Å². The number of hydrogen-bond acceptors (Lipinski definition) is 3. The molecule has 0 aliphatic heterocycles. The smallest absolute Gasteiger partial charge is 0.291 e. The van der Waals surface area contributed by atoms with E-state index in [0.29, 0.717) is 17.2 Å². The molecule has 1 N–H and O–H groups in total. The van der Waals surface area contributed by atoms with Crippen LogP contribution in [0.3, 0.4) is 0 Å². The molecule has 1 amide bonds. The summed E-state index contributed by atoms with van der Waals surface area (Å²) in [6.07, 6.45) is 0. The molecule has 18 heavy (non-hydrogen) atoms. The van der Waals surface area contributed by atoms with Crippen LogP contribution < -0.4 is 10.1 Å². The molecule has 0 aliphatic carbocycles. The summed E-state index contributed by atoms with van der Waals surface area (Å²) in [6.45, 7) is 3.73. The van der Waals surface area contributed by atoms with Crippen molar-refractivity contribution in [1.29, 1.82) is 0 Å². The van der Waals surface area contributed by atoms with Gasteiger partial charge >= 0.3 is 0 Å². The quantitative estimate of drug-likeness (QED) is 0.903. The van der Waals surface area contributed by atoms with Crippen molar-refractivity contribution in [2.24, 2.45) is 0 Å². The van der Waals surface area contributed by atoms with E-state index in [4.69, 9.17) is 9.15 Å². The first-order chi connectivity index (χ1) is 8.61. The van der Waals surface area contributed by atoms with Crippen molar-refractivity contribution in [3.05, 3.63) is 47.4 Å². The maximum absolute atomic E-state index is 12.0. The number of nitrogens with one attached hydrogen (secondary N) is 1. The highest BCUT2D eigenvalue weighted by molar-refractivity contribution is 6.03. The third-order valence-electron chi connectivity index (χ3n) is 2.74. The zero-order valence-corrected chi connectivity index (χ0v) is 10.6. The predicted molar refractivity (Wildman–Crippen MR) is 69.1 cm³/mol. The summed E-state index contributed by atoms with van der Waals surface area (Å²) in [6, 6.07) is 8.96. The number of methoxy groups -OCH3 is 1. The maximum atomic E-state index is 12.0. The first-order valence-electron chi connectivity index (χ1n) is 5.63. The summed E-state index contributed by atoms with van der Waals surface area (Å²) < 4.78 is 10.5. The van der Waals surface area contributed by atoms with Gasteiger partial charge in [-0.25, -0.2) is 0 Å². The fourth-order valence-electron chi connectivity index (χ4n) is 1.62. The number of carbonyl (C=O) groups excluding carboxylic acids is 1. The molecule has 0 aliphatic rings. The molecule has 0 saturated carbocycles. The minimum absolute atomic E-state index is 0.282. The van der Waals surface area contributed by atoms with E-state index in [0.717, 1.165) is 11.3 Å². The van der Waals surface area contributed by atoms with E-state index in [1.807, 2.05) is 26.0 Å². The Labute approximate surface area is 106 Å². The molecule has 0 unspecified atom stereocenters. The molecule has 0 saturated heterocycles. The van der Waals surface area contributed by atoms with Crippen LogP contribution in [-0.4, -0.2) is 13.0 Å². The first-order valence-corrected chi connectivity index (χ1v) is 5.63. The van der Waals surface area contributed by atoms with Crippen LogP contribution in [0.2, 0.25) is 0 Å². The third-order valence-corrected chi connectivity index (χ3v) is 2.74. The Morgan fingerprint density at radius 2 is 2.00 bits per heavy atom. The molecule has 0 fully saturated rings. The Morgan fingerprint density at radius 3 is 2.61 bits per heavy atom. The zero-order valence-electron chi connectivity index (χ0n) is 10.6. The molecule has 0 bridgehead atoms. The van der Waals surface area contributed by atoms with Crippen molar-refractivity contribution in [2.75, 3.05) is 12.4 Å². The van der Waals surface area contributed by atoms with Crippen LogP contribution in [0.5, 0.6) is 5.75 Å². The van der Waals surface area contributed by atoms with E-state index in [9.17, 15) is 4.79 Å². The van der Waals surface area contributed by atoms with Crippen molar-refractivity contribution >= 4 is 11.6 Å². The van der Waals surface area contributed by atoms with Crippen molar-refractivity contribution < 1.29 is 13.9 Å². The topological polar surface area (TPSA) is 51.5 Å². The summed E-state index contributed by atoms with van der Waals surface area (Å²) in [5.74, 6) is 1.39. The summed E-state index contributed by atoms with van der Waals surface area (Å²) >= 11 is 0. The lowest BCUT2D eigenvalue weighted by Crippen LogP contribution is -2.11. The number of amides is 1. The summed E-state index contributed by atoms with van der Waals surface area (Å²) in [4.78, 5) is 12.0. The second-order valence-electron chi connectivity index (χ2n) is 4.00. The SMILES string of the molecule is COc1ccccc1NC(=O)c1cc(C)c(C)o1. The zero-order chi connectivity index (χ0) is 13.1. The fourth-order valence-corrected chi connectivity index (χ4v) is 1.62. The molecule has 1 heterocycles. The van der Waals surface area contributed by atoms with Gasteiger partial charge in [0.25, 0.3) is 5.91 Å². The summed E-state index contributed by atoms with van der Waals surface area (Å²) in [5.41, 5.74) is 1.58. The molecule has 4 heteroatoms. The second kappa shape index (κ2) is 4.96. The number of anilines is 1.